The van der Waals surface area contributed by atoms with Crippen LogP contribution >= 0.6 is 12.4 Å². The van der Waals surface area contributed by atoms with Crippen LogP contribution in [0.4, 0.5) is 30.7 Å². The number of alkyl halides is 6. The fourth-order valence-corrected chi connectivity index (χ4v) is 5.26. The number of carbonyl (C=O) groups excluding carboxylic acids is 2. The molecule has 1 amide bonds. The van der Waals surface area contributed by atoms with Crippen molar-refractivity contribution in [3.63, 3.8) is 0 Å². The summed E-state index contributed by atoms with van der Waals surface area (Å²) in [6, 6.07) is 12.7. The van der Waals surface area contributed by atoms with E-state index >= 15 is 0 Å². The standard InChI is InChI=1S/C30H24F7N3O2.ClH/c31-23-5-3-4-18(12-23)27(41)17-39-8-9-40(24(16-39)13-20-15-38-26-7-2-1-6-25(20)26)28(42)19-10-21(29(32,33)34)14-22(11-19)30(35,36)37;/h1-7,10-12,14-15,24,38H,8-9,13,16-17H2;1H/t24-;/m1./s1. The molecule has 0 aliphatic carbocycles. The number of H-pyrrole nitrogens is 1. The Morgan fingerprint density at radius 3 is 2.16 bits per heavy atom. The molecule has 3 aromatic carbocycles. The third-order valence-corrected chi connectivity index (χ3v) is 7.31. The first kappa shape index (κ1) is 32.0. The van der Waals surface area contributed by atoms with E-state index in [0.717, 1.165) is 22.5 Å². The molecule has 1 N–H and O–H groups in total. The number of benzene rings is 3. The van der Waals surface area contributed by atoms with E-state index in [1.54, 1.807) is 11.1 Å². The van der Waals surface area contributed by atoms with E-state index in [4.69, 9.17) is 0 Å². The number of nitrogens with zero attached hydrogens (tertiary/aromatic N) is 2. The lowest BCUT2D eigenvalue weighted by atomic mass is 9.98. The van der Waals surface area contributed by atoms with Gasteiger partial charge in [-0.15, -0.1) is 12.4 Å². The number of Topliss-reactive ketones (excluding diaryl/α,β-unsaturated/α-hetero) is 1. The highest BCUT2D eigenvalue weighted by atomic mass is 35.5. The quantitative estimate of drug-likeness (QED) is 0.185. The molecule has 13 heteroatoms. The van der Waals surface area contributed by atoms with Crippen molar-refractivity contribution in [3.8, 4) is 0 Å². The zero-order valence-electron chi connectivity index (χ0n) is 22.3. The van der Waals surface area contributed by atoms with Gasteiger partial charge in [0.25, 0.3) is 5.91 Å². The second-order valence-electron chi connectivity index (χ2n) is 10.2. The highest BCUT2D eigenvalue weighted by Gasteiger charge is 2.39. The lowest BCUT2D eigenvalue weighted by Gasteiger charge is -2.41. The van der Waals surface area contributed by atoms with Gasteiger partial charge in [0.05, 0.1) is 17.7 Å². The van der Waals surface area contributed by atoms with Gasteiger partial charge in [-0.2, -0.15) is 26.3 Å². The Hall–Kier alpha value is -3.90. The van der Waals surface area contributed by atoms with Crippen LogP contribution in [0.2, 0.25) is 0 Å². The number of aromatic amines is 1. The molecule has 1 saturated heterocycles. The van der Waals surface area contributed by atoms with Gasteiger partial charge in [0, 0.05) is 53.9 Å². The number of aromatic nitrogens is 1. The largest absolute Gasteiger partial charge is 0.416 e. The van der Waals surface area contributed by atoms with Crippen LogP contribution in [0.15, 0.2) is 72.9 Å². The number of para-hydroxylation sites is 1. The average Bonchev–Trinajstić information content (AvgIpc) is 3.34. The molecular weight excluding hydrogens is 603 g/mol. The van der Waals surface area contributed by atoms with Crippen molar-refractivity contribution in [2.24, 2.45) is 0 Å². The molecule has 2 heterocycles. The maximum absolute atomic E-state index is 13.7. The summed E-state index contributed by atoms with van der Waals surface area (Å²) in [6.07, 6.45) is -8.26. The molecule has 0 radical (unpaired) electrons. The van der Waals surface area contributed by atoms with E-state index in [0.29, 0.717) is 12.1 Å². The molecule has 1 aromatic heterocycles. The van der Waals surface area contributed by atoms with Crippen LogP contribution < -0.4 is 0 Å². The molecule has 0 spiro atoms. The Balaban J connectivity index is 0.00000423. The Morgan fingerprint density at radius 2 is 1.51 bits per heavy atom. The van der Waals surface area contributed by atoms with Crippen molar-refractivity contribution < 1.29 is 40.3 Å². The second kappa shape index (κ2) is 12.4. The van der Waals surface area contributed by atoms with E-state index in [1.807, 2.05) is 24.3 Å². The molecule has 1 aliphatic rings. The van der Waals surface area contributed by atoms with E-state index in [2.05, 4.69) is 4.98 Å². The number of hydrogen-bond donors (Lipinski definition) is 1. The lowest BCUT2D eigenvalue weighted by molar-refractivity contribution is -0.143. The van der Waals surface area contributed by atoms with Crippen molar-refractivity contribution in [1.29, 1.82) is 0 Å². The summed E-state index contributed by atoms with van der Waals surface area (Å²) in [4.78, 5) is 32.6. The summed E-state index contributed by atoms with van der Waals surface area (Å²) in [5.74, 6) is -1.92. The van der Waals surface area contributed by atoms with Crippen LogP contribution in [0, 0.1) is 5.82 Å². The number of halogens is 8. The summed E-state index contributed by atoms with van der Waals surface area (Å²) in [5, 5.41) is 0.844. The van der Waals surface area contributed by atoms with Crippen LogP contribution in [0.3, 0.4) is 0 Å². The van der Waals surface area contributed by atoms with Gasteiger partial charge >= 0.3 is 12.4 Å². The normalized spacial score (nSPS) is 16.3. The minimum atomic E-state index is -5.10. The smallest absolute Gasteiger partial charge is 0.361 e. The third kappa shape index (κ3) is 7.19. The SMILES string of the molecule is Cl.O=C(CN1CCN(C(=O)c2cc(C(F)(F)F)cc(C(F)(F)F)c2)[C@H](Cc2c[nH]c3ccccc23)C1)c1cccc(F)c1. The van der Waals surface area contributed by atoms with Crippen LogP contribution in [-0.4, -0.2) is 58.7 Å². The predicted molar refractivity (Wildman–Crippen MR) is 148 cm³/mol. The molecule has 0 saturated carbocycles. The topological polar surface area (TPSA) is 56.4 Å². The summed E-state index contributed by atoms with van der Waals surface area (Å²) >= 11 is 0. The maximum Gasteiger partial charge on any atom is 0.416 e. The molecule has 5 rings (SSSR count). The van der Waals surface area contributed by atoms with E-state index in [1.165, 1.54) is 23.1 Å². The predicted octanol–water partition coefficient (Wildman–Crippen LogP) is 7.02. The highest BCUT2D eigenvalue weighted by molar-refractivity contribution is 5.98. The van der Waals surface area contributed by atoms with Gasteiger partial charge in [0.1, 0.15) is 5.82 Å². The number of carbonyl (C=O) groups is 2. The minimum Gasteiger partial charge on any atom is -0.361 e. The average molecular weight is 628 g/mol. The Kier molecular flexibility index (Phi) is 9.22. The zero-order chi connectivity index (χ0) is 30.2. The molecule has 0 unspecified atom stereocenters. The van der Waals surface area contributed by atoms with Gasteiger partial charge in [-0.1, -0.05) is 30.3 Å². The number of rotatable bonds is 6. The first-order valence-electron chi connectivity index (χ1n) is 13.0. The van der Waals surface area contributed by atoms with Crippen LogP contribution in [0.25, 0.3) is 10.9 Å². The van der Waals surface area contributed by atoms with Crippen molar-refractivity contribution in [2.45, 2.75) is 24.8 Å². The van der Waals surface area contributed by atoms with E-state index < -0.39 is 46.8 Å². The molecule has 1 atom stereocenters. The summed E-state index contributed by atoms with van der Waals surface area (Å²) in [6.45, 7) is 0.0667. The van der Waals surface area contributed by atoms with Gasteiger partial charge in [-0.05, 0) is 48.4 Å². The number of fused-ring (bicyclic) bond motifs is 1. The van der Waals surface area contributed by atoms with Gasteiger partial charge in [0.15, 0.2) is 5.78 Å². The minimum absolute atomic E-state index is 0. The number of ketones is 1. The van der Waals surface area contributed by atoms with Crippen LogP contribution in [0.5, 0.6) is 0 Å². The molecule has 43 heavy (non-hydrogen) atoms. The zero-order valence-corrected chi connectivity index (χ0v) is 23.1. The monoisotopic (exact) mass is 627 g/mol. The maximum atomic E-state index is 13.7. The summed E-state index contributed by atoms with van der Waals surface area (Å²) in [7, 11) is 0. The van der Waals surface area contributed by atoms with Gasteiger partial charge in [-0.25, -0.2) is 4.39 Å². The first-order valence-corrected chi connectivity index (χ1v) is 13.0. The summed E-state index contributed by atoms with van der Waals surface area (Å²) < 4.78 is 94.7. The van der Waals surface area contributed by atoms with E-state index in [-0.39, 0.29) is 62.4 Å². The van der Waals surface area contributed by atoms with Gasteiger partial charge in [0.2, 0.25) is 0 Å². The van der Waals surface area contributed by atoms with Crippen molar-refractivity contribution in [3.05, 3.63) is 107 Å². The van der Waals surface area contributed by atoms with Crippen molar-refractivity contribution >= 4 is 35.0 Å². The molecule has 228 valence electrons. The summed E-state index contributed by atoms with van der Waals surface area (Å²) in [5.41, 5.74) is -2.13. The number of nitrogens with one attached hydrogen (secondary N) is 1. The van der Waals surface area contributed by atoms with Gasteiger partial charge < -0.3 is 9.88 Å². The molecule has 1 aliphatic heterocycles. The van der Waals surface area contributed by atoms with Crippen molar-refractivity contribution in [2.75, 3.05) is 26.2 Å². The molecule has 5 nitrogen and oxygen atoms in total. The lowest BCUT2D eigenvalue weighted by Crippen LogP contribution is -2.56. The Bertz CT molecular complexity index is 1600. The van der Waals surface area contributed by atoms with Crippen LogP contribution in [0.1, 0.15) is 37.4 Å². The molecule has 1 fully saturated rings. The number of amides is 1. The fourth-order valence-electron chi connectivity index (χ4n) is 5.26. The number of hydrogen-bond acceptors (Lipinski definition) is 3. The second-order valence-corrected chi connectivity index (χ2v) is 10.2. The van der Waals surface area contributed by atoms with Crippen molar-refractivity contribution in [1.82, 2.24) is 14.8 Å². The fraction of sp³-hybridized carbons (Fsp3) is 0.267. The molecule has 0 bridgehead atoms. The Morgan fingerprint density at radius 1 is 0.837 bits per heavy atom. The molecular formula is C30H25ClF7N3O2. The first-order chi connectivity index (χ1) is 19.8. The van der Waals surface area contributed by atoms with Gasteiger partial charge in [-0.3, -0.25) is 14.5 Å². The number of piperazine rings is 1. The van der Waals surface area contributed by atoms with Crippen LogP contribution in [-0.2, 0) is 18.8 Å². The Labute approximate surface area is 247 Å². The van der Waals surface area contributed by atoms with E-state index in [9.17, 15) is 40.3 Å². The third-order valence-electron chi connectivity index (χ3n) is 7.31. The molecule has 4 aromatic rings. The highest BCUT2D eigenvalue weighted by Crippen LogP contribution is 2.37.